The number of carbonyl (C=O) groups is 2. The molecule has 154 valence electrons. The molecule has 29 heavy (non-hydrogen) atoms. The van der Waals surface area contributed by atoms with Crippen LogP contribution >= 0.6 is 0 Å². The SMILES string of the molecule is CC(=O)N1c2ccc(S(=O)(=O)NCCC(=O)Nc3ccc(F)cc3)cc2C[C@@H]1C. The van der Waals surface area contributed by atoms with Crippen molar-refractivity contribution in [3.8, 4) is 0 Å². The Hall–Kier alpha value is -2.78. The standard InChI is InChI=1S/C20H22FN3O4S/c1-13-11-15-12-18(7-8-19(15)24(13)14(2)25)29(27,28)22-10-9-20(26)23-17-5-3-16(21)4-6-17/h3-8,12-13,22H,9-11H2,1-2H3,(H,23,26)/t13-/m0/s1. The highest BCUT2D eigenvalue weighted by molar-refractivity contribution is 7.89. The molecular weight excluding hydrogens is 397 g/mol. The second kappa shape index (κ2) is 8.30. The Labute approximate surface area is 169 Å². The van der Waals surface area contributed by atoms with Gasteiger partial charge in [0.25, 0.3) is 0 Å². The van der Waals surface area contributed by atoms with E-state index in [9.17, 15) is 22.4 Å². The lowest BCUT2D eigenvalue weighted by Gasteiger charge is -2.20. The van der Waals surface area contributed by atoms with E-state index < -0.39 is 15.8 Å². The molecule has 3 rings (SSSR count). The number of sulfonamides is 1. The van der Waals surface area contributed by atoms with Crippen LogP contribution in [0, 0.1) is 5.82 Å². The van der Waals surface area contributed by atoms with Gasteiger partial charge >= 0.3 is 0 Å². The normalized spacial score (nSPS) is 15.8. The molecule has 2 aromatic carbocycles. The lowest BCUT2D eigenvalue weighted by Crippen LogP contribution is -2.33. The van der Waals surface area contributed by atoms with E-state index in [4.69, 9.17) is 0 Å². The van der Waals surface area contributed by atoms with Crippen LogP contribution in [0.15, 0.2) is 47.4 Å². The maximum Gasteiger partial charge on any atom is 0.240 e. The number of nitrogens with zero attached hydrogens (tertiary/aromatic N) is 1. The van der Waals surface area contributed by atoms with Crippen molar-refractivity contribution >= 4 is 33.2 Å². The van der Waals surface area contributed by atoms with Gasteiger partial charge in [0.05, 0.1) is 4.90 Å². The van der Waals surface area contributed by atoms with Gasteiger partial charge in [0.2, 0.25) is 21.8 Å². The van der Waals surface area contributed by atoms with Gasteiger partial charge in [-0.2, -0.15) is 0 Å². The minimum absolute atomic E-state index is 0.0245. The van der Waals surface area contributed by atoms with Crippen LogP contribution in [0.25, 0.3) is 0 Å². The predicted molar refractivity (Wildman–Crippen MR) is 108 cm³/mol. The molecule has 0 aliphatic carbocycles. The number of carbonyl (C=O) groups excluding carboxylic acids is 2. The van der Waals surface area contributed by atoms with Crippen LogP contribution in [-0.4, -0.2) is 32.8 Å². The number of nitrogens with one attached hydrogen (secondary N) is 2. The van der Waals surface area contributed by atoms with Gasteiger partial charge in [0.1, 0.15) is 5.82 Å². The van der Waals surface area contributed by atoms with Crippen molar-refractivity contribution in [3.05, 3.63) is 53.8 Å². The topological polar surface area (TPSA) is 95.6 Å². The van der Waals surface area contributed by atoms with Crippen LogP contribution in [0.3, 0.4) is 0 Å². The zero-order chi connectivity index (χ0) is 21.2. The van der Waals surface area contributed by atoms with Crippen LogP contribution in [0.5, 0.6) is 0 Å². The third-order valence-corrected chi connectivity index (χ3v) is 6.15. The van der Waals surface area contributed by atoms with Crippen molar-refractivity contribution in [1.29, 1.82) is 0 Å². The summed E-state index contributed by atoms with van der Waals surface area (Å²) in [5.74, 6) is -0.887. The van der Waals surface area contributed by atoms with E-state index in [2.05, 4.69) is 10.0 Å². The van der Waals surface area contributed by atoms with Crippen molar-refractivity contribution in [3.63, 3.8) is 0 Å². The summed E-state index contributed by atoms with van der Waals surface area (Å²) in [6, 6.07) is 9.92. The number of hydrogen-bond donors (Lipinski definition) is 2. The Morgan fingerprint density at radius 1 is 1.17 bits per heavy atom. The van der Waals surface area contributed by atoms with Crippen LogP contribution in [0.1, 0.15) is 25.8 Å². The summed E-state index contributed by atoms with van der Waals surface area (Å²) in [4.78, 5) is 25.5. The number of amides is 2. The van der Waals surface area contributed by atoms with Gasteiger partial charge in [-0.15, -0.1) is 0 Å². The van der Waals surface area contributed by atoms with Gasteiger partial charge in [-0.3, -0.25) is 9.59 Å². The molecular formula is C20H22FN3O4S. The largest absolute Gasteiger partial charge is 0.326 e. The first kappa shape index (κ1) is 20.9. The fraction of sp³-hybridized carbons (Fsp3) is 0.300. The average Bonchev–Trinajstić information content (AvgIpc) is 2.98. The third-order valence-electron chi connectivity index (χ3n) is 4.69. The maximum atomic E-state index is 12.9. The Kier molecular flexibility index (Phi) is 5.99. The Morgan fingerprint density at radius 2 is 1.86 bits per heavy atom. The zero-order valence-corrected chi connectivity index (χ0v) is 16.9. The van der Waals surface area contributed by atoms with Gasteiger partial charge in [0, 0.05) is 37.3 Å². The minimum atomic E-state index is -3.79. The summed E-state index contributed by atoms with van der Waals surface area (Å²) >= 11 is 0. The first-order chi connectivity index (χ1) is 13.7. The highest BCUT2D eigenvalue weighted by Gasteiger charge is 2.30. The molecule has 1 heterocycles. The predicted octanol–water partition coefficient (Wildman–Crippen LogP) is 2.43. The molecule has 0 fully saturated rings. The third kappa shape index (κ3) is 4.80. The van der Waals surface area contributed by atoms with E-state index in [1.165, 1.54) is 37.3 Å². The van der Waals surface area contributed by atoms with Crippen molar-refractivity contribution in [2.45, 2.75) is 37.6 Å². The average molecular weight is 419 g/mol. The van der Waals surface area contributed by atoms with Crippen molar-refractivity contribution < 1.29 is 22.4 Å². The second-order valence-electron chi connectivity index (χ2n) is 6.94. The molecule has 1 atom stereocenters. The smallest absolute Gasteiger partial charge is 0.240 e. The monoisotopic (exact) mass is 419 g/mol. The highest BCUT2D eigenvalue weighted by Crippen LogP contribution is 2.33. The highest BCUT2D eigenvalue weighted by atomic mass is 32.2. The van der Waals surface area contributed by atoms with Crippen LogP contribution in [-0.2, 0) is 26.0 Å². The molecule has 0 unspecified atom stereocenters. The van der Waals surface area contributed by atoms with Crippen LogP contribution in [0.4, 0.5) is 15.8 Å². The van der Waals surface area contributed by atoms with Crippen molar-refractivity contribution in [2.75, 3.05) is 16.8 Å². The van der Waals surface area contributed by atoms with E-state index in [0.29, 0.717) is 12.1 Å². The molecule has 9 heteroatoms. The Morgan fingerprint density at radius 3 is 2.52 bits per heavy atom. The first-order valence-corrected chi connectivity index (χ1v) is 10.6. The van der Waals surface area contributed by atoms with Crippen molar-refractivity contribution in [2.24, 2.45) is 0 Å². The second-order valence-corrected chi connectivity index (χ2v) is 8.70. The van der Waals surface area contributed by atoms with Gasteiger partial charge in [0.15, 0.2) is 0 Å². The quantitative estimate of drug-likeness (QED) is 0.752. The van der Waals surface area contributed by atoms with E-state index in [1.54, 1.807) is 17.0 Å². The van der Waals surface area contributed by atoms with Gasteiger partial charge in [-0.1, -0.05) is 0 Å². The first-order valence-electron chi connectivity index (χ1n) is 9.15. The molecule has 2 amide bonds. The van der Waals surface area contributed by atoms with E-state index in [1.807, 2.05) is 6.92 Å². The number of hydrogen-bond acceptors (Lipinski definition) is 4. The van der Waals surface area contributed by atoms with E-state index in [-0.39, 0.29) is 35.7 Å². The van der Waals surface area contributed by atoms with Crippen molar-refractivity contribution in [1.82, 2.24) is 4.72 Å². The molecule has 0 aromatic heterocycles. The number of anilines is 2. The molecule has 0 saturated heterocycles. The van der Waals surface area contributed by atoms with Gasteiger partial charge in [-0.05, 0) is 61.4 Å². The summed E-state index contributed by atoms with van der Waals surface area (Å²) in [7, 11) is -3.79. The molecule has 2 aromatic rings. The van der Waals surface area contributed by atoms with E-state index >= 15 is 0 Å². The molecule has 1 aliphatic rings. The van der Waals surface area contributed by atoms with E-state index in [0.717, 1.165) is 11.3 Å². The summed E-state index contributed by atoms with van der Waals surface area (Å²) in [5.41, 5.74) is 1.95. The number of fused-ring (bicyclic) bond motifs is 1. The number of halogens is 1. The lowest BCUT2D eigenvalue weighted by molar-refractivity contribution is -0.117. The summed E-state index contributed by atoms with van der Waals surface area (Å²) in [6.45, 7) is 3.31. The molecule has 0 spiro atoms. The van der Waals surface area contributed by atoms with Crippen LogP contribution in [0.2, 0.25) is 0 Å². The molecule has 1 aliphatic heterocycles. The Bertz CT molecular complexity index is 1040. The molecule has 0 bridgehead atoms. The fourth-order valence-corrected chi connectivity index (χ4v) is 4.48. The molecule has 2 N–H and O–H groups in total. The lowest BCUT2D eigenvalue weighted by atomic mass is 10.1. The number of benzene rings is 2. The molecule has 7 nitrogen and oxygen atoms in total. The van der Waals surface area contributed by atoms with Gasteiger partial charge in [-0.25, -0.2) is 17.5 Å². The van der Waals surface area contributed by atoms with Gasteiger partial charge < -0.3 is 10.2 Å². The number of rotatable bonds is 6. The van der Waals surface area contributed by atoms with Crippen LogP contribution < -0.4 is 14.9 Å². The fourth-order valence-electron chi connectivity index (χ4n) is 3.39. The summed E-state index contributed by atoms with van der Waals surface area (Å²) < 4.78 is 40.4. The summed E-state index contributed by atoms with van der Waals surface area (Å²) in [6.07, 6.45) is 0.509. The molecule has 0 saturated carbocycles. The zero-order valence-electron chi connectivity index (χ0n) is 16.1. The summed E-state index contributed by atoms with van der Waals surface area (Å²) in [5, 5.41) is 2.57. The Balaban J connectivity index is 1.60. The maximum absolute atomic E-state index is 12.9. The minimum Gasteiger partial charge on any atom is -0.326 e. The molecule has 0 radical (unpaired) electrons.